The van der Waals surface area contributed by atoms with Gasteiger partial charge in [-0.15, -0.1) is 0 Å². The molecule has 0 rings (SSSR count). The Kier molecular flexibility index (Phi) is 11.1. The van der Waals surface area contributed by atoms with Crippen molar-refractivity contribution in [1.29, 1.82) is 0 Å². The number of allylic oxidation sites excluding steroid dienone is 7. The van der Waals surface area contributed by atoms with Gasteiger partial charge in [-0.1, -0.05) is 46.6 Å². The summed E-state index contributed by atoms with van der Waals surface area (Å²) in [5, 5.41) is 8.79. The highest BCUT2D eigenvalue weighted by atomic mass is 16.2. The average Bonchev–Trinajstić information content (AvgIpc) is 2.36. The normalized spacial score (nSPS) is 13.6. The third-order valence-electron chi connectivity index (χ3n) is 3.33. The molecule has 0 aliphatic carbocycles. The first kappa shape index (κ1) is 18.9. The van der Waals surface area contributed by atoms with Crippen LogP contribution in [0.3, 0.4) is 0 Å². The standard InChI is InChI=1S/C19H32O/c1-16(2)12-13-18(4)10-6-8-17(3)9-7-11-19(5)14-15-20/h9-10,12,14,20H,6-8,11,13,15H2,1-5H3. The molecule has 0 aliphatic rings. The average molecular weight is 276 g/mol. The Labute approximate surface area is 125 Å². The maximum absolute atomic E-state index is 8.79. The quantitative estimate of drug-likeness (QED) is 0.533. The highest BCUT2D eigenvalue weighted by Gasteiger charge is 1.92. The summed E-state index contributed by atoms with van der Waals surface area (Å²) in [5.74, 6) is 0. The van der Waals surface area contributed by atoms with Crippen molar-refractivity contribution < 1.29 is 5.11 Å². The molecule has 0 saturated carbocycles. The molecule has 20 heavy (non-hydrogen) atoms. The van der Waals surface area contributed by atoms with E-state index in [0.717, 1.165) is 32.1 Å². The van der Waals surface area contributed by atoms with E-state index in [4.69, 9.17) is 5.11 Å². The van der Waals surface area contributed by atoms with Crippen LogP contribution in [0.2, 0.25) is 0 Å². The van der Waals surface area contributed by atoms with Crippen LogP contribution in [0.1, 0.15) is 66.7 Å². The Morgan fingerprint density at radius 3 is 1.70 bits per heavy atom. The monoisotopic (exact) mass is 276 g/mol. The maximum atomic E-state index is 8.79. The van der Waals surface area contributed by atoms with Crippen molar-refractivity contribution in [3.8, 4) is 0 Å². The molecule has 0 atom stereocenters. The van der Waals surface area contributed by atoms with Crippen molar-refractivity contribution in [2.75, 3.05) is 6.61 Å². The number of aliphatic hydroxyl groups is 1. The molecule has 0 saturated heterocycles. The number of hydrogen-bond acceptors (Lipinski definition) is 1. The fourth-order valence-corrected chi connectivity index (χ4v) is 1.90. The second-order valence-electron chi connectivity index (χ2n) is 5.90. The molecule has 0 bridgehead atoms. The second-order valence-corrected chi connectivity index (χ2v) is 5.90. The van der Waals surface area contributed by atoms with Crippen molar-refractivity contribution in [2.45, 2.75) is 66.7 Å². The second kappa shape index (κ2) is 11.7. The van der Waals surface area contributed by atoms with Gasteiger partial charge in [0.1, 0.15) is 0 Å². The maximum Gasteiger partial charge on any atom is 0.0614 e. The minimum Gasteiger partial charge on any atom is -0.392 e. The minimum atomic E-state index is 0.157. The first-order chi connectivity index (χ1) is 9.45. The van der Waals surface area contributed by atoms with E-state index in [2.05, 4.69) is 52.8 Å². The van der Waals surface area contributed by atoms with Crippen LogP contribution in [-0.2, 0) is 0 Å². The molecule has 0 fully saturated rings. The van der Waals surface area contributed by atoms with Crippen LogP contribution >= 0.6 is 0 Å². The first-order valence-corrected chi connectivity index (χ1v) is 7.66. The summed E-state index contributed by atoms with van der Waals surface area (Å²) < 4.78 is 0. The lowest BCUT2D eigenvalue weighted by Gasteiger charge is -2.02. The van der Waals surface area contributed by atoms with Crippen molar-refractivity contribution in [3.05, 3.63) is 46.6 Å². The van der Waals surface area contributed by atoms with E-state index in [1.54, 1.807) is 0 Å². The van der Waals surface area contributed by atoms with Gasteiger partial charge in [-0.2, -0.15) is 0 Å². The zero-order valence-corrected chi connectivity index (χ0v) is 14.0. The van der Waals surface area contributed by atoms with Crippen LogP contribution in [0.15, 0.2) is 46.6 Å². The fourth-order valence-electron chi connectivity index (χ4n) is 1.90. The van der Waals surface area contributed by atoms with Crippen LogP contribution in [0, 0.1) is 0 Å². The molecule has 0 amide bonds. The summed E-state index contributed by atoms with van der Waals surface area (Å²) >= 11 is 0. The Hall–Kier alpha value is -1.08. The van der Waals surface area contributed by atoms with Crippen molar-refractivity contribution in [1.82, 2.24) is 0 Å². The lowest BCUT2D eigenvalue weighted by atomic mass is 10.1. The molecular weight excluding hydrogens is 244 g/mol. The Morgan fingerprint density at radius 2 is 1.20 bits per heavy atom. The molecule has 0 unspecified atom stereocenters. The van der Waals surface area contributed by atoms with E-state index >= 15 is 0 Å². The molecule has 0 heterocycles. The topological polar surface area (TPSA) is 20.2 Å². The molecule has 0 spiro atoms. The van der Waals surface area contributed by atoms with E-state index in [1.165, 1.54) is 22.3 Å². The Balaban J connectivity index is 3.97. The number of hydrogen-bond donors (Lipinski definition) is 1. The van der Waals surface area contributed by atoms with E-state index in [1.807, 2.05) is 6.08 Å². The van der Waals surface area contributed by atoms with Crippen LogP contribution in [0.5, 0.6) is 0 Å². The van der Waals surface area contributed by atoms with Gasteiger partial charge in [-0.25, -0.2) is 0 Å². The lowest BCUT2D eigenvalue weighted by Crippen LogP contribution is -1.83. The van der Waals surface area contributed by atoms with Gasteiger partial charge in [0.05, 0.1) is 6.61 Å². The zero-order valence-electron chi connectivity index (χ0n) is 14.0. The Morgan fingerprint density at radius 1 is 0.700 bits per heavy atom. The Bertz CT molecular complexity index is 377. The molecule has 114 valence electrons. The van der Waals surface area contributed by atoms with E-state index in [-0.39, 0.29) is 6.61 Å². The molecule has 1 N–H and O–H groups in total. The predicted molar refractivity (Wildman–Crippen MR) is 90.9 cm³/mol. The van der Waals surface area contributed by atoms with E-state index < -0.39 is 0 Å². The highest BCUT2D eigenvalue weighted by molar-refractivity contribution is 5.09. The van der Waals surface area contributed by atoms with Crippen molar-refractivity contribution >= 4 is 0 Å². The summed E-state index contributed by atoms with van der Waals surface area (Å²) in [6.45, 7) is 11.0. The predicted octanol–water partition coefficient (Wildman–Crippen LogP) is 5.73. The largest absolute Gasteiger partial charge is 0.392 e. The summed E-state index contributed by atoms with van der Waals surface area (Å²) in [6, 6.07) is 0. The SMILES string of the molecule is CC(C)=CCC(C)=CCCC(C)=CCCC(C)=CCO. The molecule has 0 radical (unpaired) electrons. The molecule has 1 heteroatoms. The molecule has 0 aliphatic heterocycles. The van der Waals surface area contributed by atoms with Gasteiger partial charge in [0.15, 0.2) is 0 Å². The molecular formula is C19H32O. The third-order valence-corrected chi connectivity index (χ3v) is 3.33. The smallest absolute Gasteiger partial charge is 0.0614 e. The van der Waals surface area contributed by atoms with Crippen LogP contribution in [0.25, 0.3) is 0 Å². The number of rotatable bonds is 9. The van der Waals surface area contributed by atoms with E-state index in [9.17, 15) is 0 Å². The highest BCUT2D eigenvalue weighted by Crippen LogP contribution is 2.12. The summed E-state index contributed by atoms with van der Waals surface area (Å²) in [6.07, 6.45) is 14.3. The van der Waals surface area contributed by atoms with Gasteiger partial charge in [0, 0.05) is 0 Å². The molecule has 0 aromatic carbocycles. The van der Waals surface area contributed by atoms with Gasteiger partial charge in [0.25, 0.3) is 0 Å². The van der Waals surface area contributed by atoms with Gasteiger partial charge >= 0.3 is 0 Å². The van der Waals surface area contributed by atoms with Gasteiger partial charge in [-0.3, -0.25) is 0 Å². The van der Waals surface area contributed by atoms with Gasteiger partial charge in [0.2, 0.25) is 0 Å². The number of aliphatic hydroxyl groups excluding tert-OH is 1. The zero-order chi connectivity index (χ0) is 15.4. The van der Waals surface area contributed by atoms with Crippen LogP contribution in [-0.4, -0.2) is 11.7 Å². The van der Waals surface area contributed by atoms with E-state index in [0.29, 0.717) is 0 Å². The third kappa shape index (κ3) is 12.0. The molecule has 0 aromatic heterocycles. The summed E-state index contributed by atoms with van der Waals surface area (Å²) in [7, 11) is 0. The summed E-state index contributed by atoms with van der Waals surface area (Å²) in [4.78, 5) is 0. The van der Waals surface area contributed by atoms with Crippen molar-refractivity contribution in [2.24, 2.45) is 0 Å². The molecule has 0 aromatic rings. The van der Waals surface area contributed by atoms with Gasteiger partial charge in [-0.05, 0) is 66.7 Å². The minimum absolute atomic E-state index is 0.157. The van der Waals surface area contributed by atoms with Gasteiger partial charge < -0.3 is 5.11 Å². The van der Waals surface area contributed by atoms with Crippen LogP contribution < -0.4 is 0 Å². The molecule has 1 nitrogen and oxygen atoms in total. The first-order valence-electron chi connectivity index (χ1n) is 7.66. The summed E-state index contributed by atoms with van der Waals surface area (Å²) in [5.41, 5.74) is 5.59. The van der Waals surface area contributed by atoms with Crippen LogP contribution in [0.4, 0.5) is 0 Å². The fraction of sp³-hybridized carbons (Fsp3) is 0.579. The van der Waals surface area contributed by atoms with Crippen molar-refractivity contribution in [3.63, 3.8) is 0 Å². The lowest BCUT2D eigenvalue weighted by molar-refractivity contribution is 0.341.